The monoisotopic (exact) mass is 407 g/mol. The minimum absolute atomic E-state index is 0.470. The van der Waals surface area contributed by atoms with Crippen molar-refractivity contribution in [3.8, 4) is 0 Å². The van der Waals surface area contributed by atoms with E-state index in [9.17, 15) is 0 Å². The second-order valence-electron chi connectivity index (χ2n) is 4.45. The first-order valence-electron chi connectivity index (χ1n) is 5.36. The van der Waals surface area contributed by atoms with Crippen molar-refractivity contribution in [1.29, 1.82) is 0 Å². The Morgan fingerprint density at radius 1 is 1.28 bits per heavy atom. The van der Waals surface area contributed by atoms with Crippen molar-refractivity contribution >= 4 is 54.8 Å². The minimum atomic E-state index is -0.470. The summed E-state index contributed by atoms with van der Waals surface area (Å²) in [5.74, 6) is 0. The molecule has 0 saturated carbocycles. The van der Waals surface area contributed by atoms with Crippen LogP contribution in [-0.2, 0) is 12.0 Å². The molecule has 0 saturated heterocycles. The Hall–Kier alpha value is 0.130. The predicted octanol–water partition coefficient (Wildman–Crippen LogP) is 5.34. The second-order valence-corrected chi connectivity index (χ2v) is 7.68. The molecule has 1 heterocycles. The van der Waals surface area contributed by atoms with Crippen LogP contribution < -0.4 is 5.73 Å². The number of hydrogen-bond acceptors (Lipinski definition) is 2. The van der Waals surface area contributed by atoms with E-state index in [1.807, 2.05) is 25.1 Å². The van der Waals surface area contributed by atoms with E-state index < -0.39 is 5.54 Å². The summed E-state index contributed by atoms with van der Waals surface area (Å²) in [5, 5.41) is 2.76. The average molecular weight is 410 g/mol. The van der Waals surface area contributed by atoms with E-state index in [0.717, 1.165) is 20.9 Å². The molecule has 1 atom stereocenters. The molecule has 1 aromatic carbocycles. The molecule has 96 valence electrons. The van der Waals surface area contributed by atoms with E-state index in [1.54, 1.807) is 11.3 Å². The lowest BCUT2D eigenvalue weighted by atomic mass is 9.89. The van der Waals surface area contributed by atoms with Crippen LogP contribution in [0.1, 0.15) is 17.4 Å². The second kappa shape index (κ2) is 5.63. The highest BCUT2D eigenvalue weighted by Crippen LogP contribution is 2.33. The van der Waals surface area contributed by atoms with Crippen molar-refractivity contribution in [1.82, 2.24) is 0 Å². The molecule has 2 aromatic rings. The van der Waals surface area contributed by atoms with E-state index in [2.05, 4.69) is 43.3 Å². The van der Waals surface area contributed by atoms with Gasteiger partial charge in [0, 0.05) is 36.2 Å². The van der Waals surface area contributed by atoms with Crippen LogP contribution in [0, 0.1) is 0 Å². The van der Waals surface area contributed by atoms with E-state index >= 15 is 0 Å². The first-order valence-corrected chi connectivity index (χ1v) is 8.20. The zero-order valence-corrected chi connectivity index (χ0v) is 14.5. The molecule has 2 N–H and O–H groups in total. The number of hydrogen-bond donors (Lipinski definition) is 1. The van der Waals surface area contributed by atoms with Gasteiger partial charge in [-0.1, -0.05) is 33.6 Å². The molecule has 0 bridgehead atoms. The Bertz CT molecular complexity index is 566. The Morgan fingerprint density at radius 2 is 2.00 bits per heavy atom. The van der Waals surface area contributed by atoms with E-state index in [1.165, 1.54) is 4.88 Å². The highest BCUT2D eigenvalue weighted by molar-refractivity contribution is 9.10. The van der Waals surface area contributed by atoms with E-state index in [0.29, 0.717) is 5.02 Å². The average Bonchev–Trinajstić information content (AvgIpc) is 2.62. The Balaban J connectivity index is 2.29. The highest BCUT2D eigenvalue weighted by Gasteiger charge is 2.25. The molecule has 1 unspecified atom stereocenters. The molecule has 0 spiro atoms. The van der Waals surface area contributed by atoms with Gasteiger partial charge in [0.1, 0.15) is 0 Å². The summed E-state index contributed by atoms with van der Waals surface area (Å²) < 4.78 is 2.06. The maximum Gasteiger partial charge on any atom is 0.0467 e. The molecule has 0 amide bonds. The van der Waals surface area contributed by atoms with Crippen LogP contribution in [0.5, 0.6) is 0 Å². The molecule has 0 aliphatic rings. The zero-order valence-electron chi connectivity index (χ0n) is 9.71. The van der Waals surface area contributed by atoms with Gasteiger partial charge in [0.05, 0.1) is 0 Å². The van der Waals surface area contributed by atoms with Gasteiger partial charge in [-0.3, -0.25) is 0 Å². The summed E-state index contributed by atoms with van der Waals surface area (Å²) in [7, 11) is 0. The lowest BCUT2D eigenvalue weighted by molar-refractivity contribution is 0.495. The first kappa shape index (κ1) is 14.5. The maximum atomic E-state index is 6.42. The number of thiophene rings is 1. The largest absolute Gasteiger partial charge is 0.321 e. The summed E-state index contributed by atoms with van der Waals surface area (Å²) in [6, 6.07) is 7.93. The van der Waals surface area contributed by atoms with Gasteiger partial charge in [-0.05, 0) is 46.6 Å². The third kappa shape index (κ3) is 3.36. The number of nitrogens with two attached hydrogens (primary N) is 1. The van der Waals surface area contributed by atoms with Gasteiger partial charge < -0.3 is 5.73 Å². The highest BCUT2D eigenvalue weighted by atomic mass is 79.9. The SMILES string of the molecule is CC(N)(Cc1cc(Br)cs1)c1ccc(Br)cc1Cl. The summed E-state index contributed by atoms with van der Waals surface area (Å²) in [4.78, 5) is 1.24. The minimum Gasteiger partial charge on any atom is -0.321 e. The van der Waals surface area contributed by atoms with Gasteiger partial charge in [0.15, 0.2) is 0 Å². The van der Waals surface area contributed by atoms with Gasteiger partial charge >= 0.3 is 0 Å². The third-order valence-corrected chi connectivity index (χ3v) is 5.21. The molecule has 0 fully saturated rings. The molecule has 0 aliphatic heterocycles. The van der Waals surface area contributed by atoms with Crippen LogP contribution in [0.4, 0.5) is 0 Å². The van der Waals surface area contributed by atoms with Gasteiger partial charge in [-0.15, -0.1) is 11.3 Å². The van der Waals surface area contributed by atoms with E-state index in [-0.39, 0.29) is 0 Å². The molecule has 1 nitrogen and oxygen atoms in total. The molecule has 1 aromatic heterocycles. The molecule has 0 radical (unpaired) electrons. The van der Waals surface area contributed by atoms with Gasteiger partial charge in [-0.2, -0.15) is 0 Å². The summed E-state index contributed by atoms with van der Waals surface area (Å²) in [6.45, 7) is 2.01. The van der Waals surface area contributed by atoms with E-state index in [4.69, 9.17) is 17.3 Å². The van der Waals surface area contributed by atoms with Gasteiger partial charge in [-0.25, -0.2) is 0 Å². The van der Waals surface area contributed by atoms with Crippen molar-refractivity contribution in [2.75, 3.05) is 0 Å². The van der Waals surface area contributed by atoms with Crippen LogP contribution in [0.25, 0.3) is 0 Å². The summed E-state index contributed by atoms with van der Waals surface area (Å²) in [5.41, 5.74) is 6.92. The van der Waals surface area contributed by atoms with Crippen LogP contribution in [0.3, 0.4) is 0 Å². The molecule has 0 aliphatic carbocycles. The molecular formula is C13H12Br2ClNS. The third-order valence-electron chi connectivity index (χ3n) is 2.71. The van der Waals surface area contributed by atoms with Crippen molar-refractivity contribution in [2.24, 2.45) is 5.73 Å². The number of benzene rings is 1. The summed E-state index contributed by atoms with van der Waals surface area (Å²) >= 11 is 14.8. The topological polar surface area (TPSA) is 26.0 Å². The number of rotatable bonds is 3. The fraction of sp³-hybridized carbons (Fsp3) is 0.231. The maximum absolute atomic E-state index is 6.42. The molecule has 5 heteroatoms. The zero-order chi connectivity index (χ0) is 13.3. The molecular weight excluding hydrogens is 397 g/mol. The van der Waals surface area contributed by atoms with Crippen molar-refractivity contribution in [3.05, 3.63) is 54.1 Å². The predicted molar refractivity (Wildman–Crippen MR) is 86.4 cm³/mol. The van der Waals surface area contributed by atoms with Crippen LogP contribution >= 0.6 is 54.8 Å². The van der Waals surface area contributed by atoms with Crippen LogP contribution in [0.15, 0.2) is 38.6 Å². The molecule has 2 rings (SSSR count). The summed E-state index contributed by atoms with van der Waals surface area (Å²) in [6.07, 6.45) is 0.768. The standard InChI is InChI=1S/C13H12Br2ClNS/c1-13(17,6-10-4-9(15)7-18-10)11-3-2-8(14)5-12(11)16/h2-5,7H,6,17H2,1H3. The Labute approximate surface area is 133 Å². The lowest BCUT2D eigenvalue weighted by Crippen LogP contribution is -2.35. The smallest absolute Gasteiger partial charge is 0.0467 e. The Kier molecular flexibility index (Phi) is 4.55. The quantitative estimate of drug-likeness (QED) is 0.727. The van der Waals surface area contributed by atoms with Crippen molar-refractivity contribution < 1.29 is 0 Å². The van der Waals surface area contributed by atoms with Gasteiger partial charge in [0.2, 0.25) is 0 Å². The fourth-order valence-electron chi connectivity index (χ4n) is 1.86. The fourth-order valence-corrected chi connectivity index (χ4v) is 4.36. The van der Waals surface area contributed by atoms with Gasteiger partial charge in [0.25, 0.3) is 0 Å². The Morgan fingerprint density at radius 3 is 2.56 bits per heavy atom. The number of halogens is 3. The van der Waals surface area contributed by atoms with Crippen LogP contribution in [-0.4, -0.2) is 0 Å². The lowest BCUT2D eigenvalue weighted by Gasteiger charge is -2.26. The normalized spacial score (nSPS) is 14.5. The van der Waals surface area contributed by atoms with Crippen molar-refractivity contribution in [2.45, 2.75) is 18.9 Å². The van der Waals surface area contributed by atoms with Crippen LogP contribution in [0.2, 0.25) is 5.02 Å². The first-order chi connectivity index (χ1) is 8.38. The van der Waals surface area contributed by atoms with Crippen molar-refractivity contribution in [3.63, 3.8) is 0 Å². The molecule has 18 heavy (non-hydrogen) atoms.